The van der Waals surface area contributed by atoms with E-state index in [-0.39, 0.29) is 17.6 Å². The summed E-state index contributed by atoms with van der Waals surface area (Å²) in [5.74, 6) is -1.20. The molecule has 0 aliphatic heterocycles. The lowest BCUT2D eigenvalue weighted by Crippen LogP contribution is -2.10. The van der Waals surface area contributed by atoms with E-state index in [0.717, 1.165) is 5.56 Å². The van der Waals surface area contributed by atoms with Crippen molar-refractivity contribution in [3.63, 3.8) is 0 Å². The van der Waals surface area contributed by atoms with Crippen molar-refractivity contribution >= 4 is 17.6 Å². The number of benzene rings is 1. The predicted molar refractivity (Wildman–Crippen MR) is 71.6 cm³/mol. The molecule has 0 bridgehead atoms. The van der Waals surface area contributed by atoms with Crippen LogP contribution in [-0.2, 0) is 14.3 Å². The monoisotopic (exact) mass is 263 g/mol. The first kappa shape index (κ1) is 14.8. The lowest BCUT2D eigenvalue weighted by Gasteiger charge is -2.16. The Morgan fingerprint density at radius 2 is 1.95 bits per heavy atom. The molecule has 0 saturated heterocycles. The van der Waals surface area contributed by atoms with Crippen molar-refractivity contribution in [3.05, 3.63) is 41.7 Å². The highest BCUT2D eigenvalue weighted by atomic mass is 16.5. The number of carboxylic acids is 1. The number of rotatable bonds is 5. The summed E-state index contributed by atoms with van der Waals surface area (Å²) in [6, 6.07) is 7.22. The molecule has 0 aromatic heterocycles. The molecule has 0 fully saturated rings. The Morgan fingerprint density at radius 3 is 2.53 bits per heavy atom. The van der Waals surface area contributed by atoms with Gasteiger partial charge in [-0.3, -0.25) is 4.79 Å². The quantitative estimate of drug-likeness (QED) is 0.632. The van der Waals surface area contributed by atoms with Gasteiger partial charge in [-0.2, -0.15) is 0 Å². The van der Waals surface area contributed by atoms with Crippen molar-refractivity contribution in [2.75, 3.05) is 5.32 Å². The fraction of sp³-hybridized carbons (Fsp3) is 0.286. The average Bonchev–Trinajstić information content (AvgIpc) is 2.35. The molecule has 0 aliphatic rings. The van der Waals surface area contributed by atoms with Crippen LogP contribution in [0.5, 0.6) is 0 Å². The van der Waals surface area contributed by atoms with Gasteiger partial charge >= 0.3 is 5.97 Å². The molecule has 5 nitrogen and oxygen atoms in total. The summed E-state index contributed by atoms with van der Waals surface area (Å²) >= 11 is 0. The molecule has 19 heavy (non-hydrogen) atoms. The Hall–Kier alpha value is -2.30. The van der Waals surface area contributed by atoms with E-state index in [1.807, 2.05) is 12.1 Å². The van der Waals surface area contributed by atoms with Gasteiger partial charge in [-0.25, -0.2) is 4.79 Å². The van der Waals surface area contributed by atoms with Crippen LogP contribution in [0.1, 0.15) is 32.4 Å². The molecule has 5 heteroatoms. The first-order chi connectivity index (χ1) is 8.91. The molecule has 0 saturated carbocycles. The van der Waals surface area contributed by atoms with Crippen molar-refractivity contribution < 1.29 is 19.4 Å². The molecule has 102 valence electrons. The number of ether oxygens (including phenoxy) is 1. The van der Waals surface area contributed by atoms with E-state index in [2.05, 4.69) is 5.32 Å². The summed E-state index contributed by atoms with van der Waals surface area (Å²) in [5.41, 5.74) is 1.56. The molecular formula is C14H17NO4. The first-order valence-corrected chi connectivity index (χ1v) is 5.84. The smallest absolute Gasteiger partial charge is 0.334 e. The highest BCUT2D eigenvalue weighted by Crippen LogP contribution is 2.25. The van der Waals surface area contributed by atoms with Crippen molar-refractivity contribution in [2.45, 2.75) is 26.9 Å². The van der Waals surface area contributed by atoms with E-state index in [4.69, 9.17) is 9.84 Å². The molecule has 2 N–H and O–H groups in total. The van der Waals surface area contributed by atoms with Gasteiger partial charge in [-0.05, 0) is 19.9 Å². The van der Waals surface area contributed by atoms with Gasteiger partial charge < -0.3 is 15.2 Å². The van der Waals surface area contributed by atoms with E-state index in [0.29, 0.717) is 5.69 Å². The van der Waals surface area contributed by atoms with Gasteiger partial charge in [0.05, 0.1) is 11.8 Å². The van der Waals surface area contributed by atoms with Crippen LogP contribution in [0.3, 0.4) is 0 Å². The summed E-state index contributed by atoms with van der Waals surface area (Å²) in [6.45, 7) is 4.66. The van der Waals surface area contributed by atoms with Crippen LogP contribution >= 0.6 is 0 Å². The van der Waals surface area contributed by atoms with Crippen LogP contribution in [0.4, 0.5) is 5.69 Å². The van der Waals surface area contributed by atoms with E-state index < -0.39 is 5.97 Å². The Kier molecular flexibility index (Phi) is 5.11. The number of nitrogens with one attached hydrogen (secondary N) is 1. The molecule has 1 aromatic carbocycles. The van der Waals surface area contributed by atoms with Crippen molar-refractivity contribution in [1.82, 2.24) is 0 Å². The number of anilines is 1. The lowest BCUT2D eigenvalue weighted by molar-refractivity contribution is -0.132. The molecule has 1 aromatic rings. The zero-order chi connectivity index (χ0) is 14.4. The normalized spacial score (nSPS) is 12.7. The standard InChI is InChI=1S/C14H17NO4/c1-9(14(17)18)8-19-10(2)12-6-4-5-7-13(12)15-11(3)16/h4-8,10H,1-3H3,(H,15,16)(H,17,18). The molecule has 1 atom stereocenters. The SMILES string of the molecule is CC(=O)Nc1ccccc1C(C)OC=C(C)C(=O)O. The van der Waals surface area contributed by atoms with Gasteiger partial charge in [0.2, 0.25) is 5.91 Å². The summed E-state index contributed by atoms with van der Waals surface area (Å²) in [7, 11) is 0. The number of hydrogen-bond acceptors (Lipinski definition) is 3. The van der Waals surface area contributed by atoms with Crippen LogP contribution in [0.15, 0.2) is 36.1 Å². The number of carboxylic acid groups (broad SMARTS) is 1. The van der Waals surface area contributed by atoms with Crippen LogP contribution in [0.2, 0.25) is 0 Å². The number of carbonyl (C=O) groups excluding carboxylic acids is 1. The molecule has 1 amide bonds. The number of hydrogen-bond donors (Lipinski definition) is 2. The van der Waals surface area contributed by atoms with Gasteiger partial charge in [0.15, 0.2) is 0 Å². The van der Waals surface area contributed by atoms with Crippen LogP contribution in [0.25, 0.3) is 0 Å². The maximum absolute atomic E-state index is 11.1. The molecule has 1 rings (SSSR count). The predicted octanol–water partition coefficient (Wildman–Crippen LogP) is 2.71. The van der Waals surface area contributed by atoms with E-state index in [1.54, 1.807) is 19.1 Å². The summed E-state index contributed by atoms with van der Waals surface area (Å²) < 4.78 is 5.38. The van der Waals surface area contributed by atoms with Crippen molar-refractivity contribution in [1.29, 1.82) is 0 Å². The Balaban J connectivity index is 2.87. The first-order valence-electron chi connectivity index (χ1n) is 5.84. The minimum absolute atomic E-state index is 0.115. The highest BCUT2D eigenvalue weighted by molar-refractivity contribution is 5.89. The topological polar surface area (TPSA) is 75.6 Å². The zero-order valence-corrected chi connectivity index (χ0v) is 11.1. The Labute approximate surface area is 111 Å². The third-order valence-electron chi connectivity index (χ3n) is 2.50. The highest BCUT2D eigenvalue weighted by Gasteiger charge is 2.11. The molecular weight excluding hydrogens is 246 g/mol. The second kappa shape index (κ2) is 6.58. The maximum atomic E-state index is 11.1. The Bertz CT molecular complexity index is 508. The van der Waals surface area contributed by atoms with Gasteiger partial charge in [0.25, 0.3) is 0 Å². The lowest BCUT2D eigenvalue weighted by atomic mass is 10.1. The van der Waals surface area contributed by atoms with Crippen LogP contribution in [-0.4, -0.2) is 17.0 Å². The Morgan fingerprint density at radius 1 is 1.32 bits per heavy atom. The molecule has 0 radical (unpaired) electrons. The molecule has 0 aliphatic carbocycles. The van der Waals surface area contributed by atoms with Crippen molar-refractivity contribution in [2.24, 2.45) is 0 Å². The van der Waals surface area contributed by atoms with Gasteiger partial charge in [-0.1, -0.05) is 18.2 Å². The minimum atomic E-state index is -1.03. The molecule has 0 spiro atoms. The zero-order valence-electron chi connectivity index (χ0n) is 11.1. The fourth-order valence-corrected chi connectivity index (χ4v) is 1.48. The fourth-order valence-electron chi connectivity index (χ4n) is 1.48. The number of amides is 1. The second-order valence-corrected chi connectivity index (χ2v) is 4.15. The van der Waals surface area contributed by atoms with Crippen LogP contribution in [0, 0.1) is 0 Å². The summed E-state index contributed by atoms with van der Waals surface area (Å²) in [6.07, 6.45) is 0.842. The summed E-state index contributed by atoms with van der Waals surface area (Å²) in [5, 5.41) is 11.4. The second-order valence-electron chi connectivity index (χ2n) is 4.15. The third kappa shape index (κ3) is 4.46. The number of carbonyl (C=O) groups is 2. The van der Waals surface area contributed by atoms with Crippen LogP contribution < -0.4 is 5.32 Å². The largest absolute Gasteiger partial charge is 0.493 e. The van der Waals surface area contributed by atoms with Gasteiger partial charge in [-0.15, -0.1) is 0 Å². The minimum Gasteiger partial charge on any atom is -0.493 e. The molecule has 1 unspecified atom stereocenters. The summed E-state index contributed by atoms with van der Waals surface area (Å²) in [4.78, 5) is 21.8. The number of para-hydroxylation sites is 1. The van der Waals surface area contributed by atoms with Gasteiger partial charge in [0, 0.05) is 18.2 Å². The third-order valence-corrected chi connectivity index (χ3v) is 2.50. The average molecular weight is 263 g/mol. The van der Waals surface area contributed by atoms with E-state index in [1.165, 1.54) is 20.1 Å². The number of aliphatic carboxylic acids is 1. The van der Waals surface area contributed by atoms with E-state index in [9.17, 15) is 9.59 Å². The van der Waals surface area contributed by atoms with Crippen molar-refractivity contribution in [3.8, 4) is 0 Å². The van der Waals surface area contributed by atoms with E-state index >= 15 is 0 Å². The molecule has 0 heterocycles. The maximum Gasteiger partial charge on any atom is 0.334 e. The van der Waals surface area contributed by atoms with Gasteiger partial charge in [0.1, 0.15) is 6.10 Å².